The van der Waals surface area contributed by atoms with E-state index < -0.39 is 28.2 Å². The van der Waals surface area contributed by atoms with E-state index in [0.29, 0.717) is 40.5 Å². The molecule has 0 aliphatic carbocycles. The minimum atomic E-state index is -1.30. The van der Waals surface area contributed by atoms with Crippen LogP contribution in [0.1, 0.15) is 24.0 Å². The summed E-state index contributed by atoms with van der Waals surface area (Å²) in [5.41, 5.74) is 0.454. The molecule has 3 amide bonds. The molecule has 2 aromatic carbocycles. The summed E-state index contributed by atoms with van der Waals surface area (Å²) in [6.45, 7) is 2.24. The summed E-state index contributed by atoms with van der Waals surface area (Å²) in [5, 5.41) is 14.4. The molecule has 9 nitrogen and oxygen atoms in total. The quantitative estimate of drug-likeness (QED) is 0.413. The van der Waals surface area contributed by atoms with Crippen LogP contribution in [0.2, 0.25) is 5.02 Å². The van der Waals surface area contributed by atoms with Gasteiger partial charge in [-0.25, -0.2) is 4.90 Å². The Morgan fingerprint density at radius 3 is 2.70 bits per heavy atom. The molecule has 0 aromatic heterocycles. The zero-order valence-electron chi connectivity index (χ0n) is 17.6. The smallest absolute Gasteiger partial charge is 0.269 e. The molecule has 1 spiro atoms. The van der Waals surface area contributed by atoms with E-state index in [-0.39, 0.29) is 23.5 Å². The fraction of sp³-hybridized carbons (Fsp3) is 0.348. The summed E-state index contributed by atoms with van der Waals surface area (Å²) >= 11 is 6.38. The number of benzene rings is 2. The van der Waals surface area contributed by atoms with E-state index in [1.54, 1.807) is 25.1 Å². The van der Waals surface area contributed by atoms with Crippen molar-refractivity contribution in [3.63, 3.8) is 0 Å². The Labute approximate surface area is 193 Å². The lowest BCUT2D eigenvalue weighted by Crippen LogP contribution is -2.54. The molecular weight excluding hydrogens is 448 g/mol. The standard InChI is InChI=1S/C23H19ClN4O5/c1-11-10-12(28(32)33)7-8-15(11)27-20(29)17-16-6-3-9-26(16)23(18(17)21(27)30)13-4-2-5-14(24)19(13)25-22(23)31/h2,4-5,7-8,10,16-18H,3,6,9H2,1H3,(H,25,31)/t16-,17+,18+,23-/m0/s1. The summed E-state index contributed by atoms with van der Waals surface area (Å²) in [6.07, 6.45) is 1.52. The first kappa shape index (κ1) is 20.3. The third-order valence-electron chi connectivity index (χ3n) is 7.61. The molecule has 4 atom stereocenters. The maximum absolute atomic E-state index is 13.9. The third-order valence-corrected chi connectivity index (χ3v) is 7.92. The number of aryl methyl sites for hydroxylation is 1. The molecule has 6 rings (SSSR count). The Bertz CT molecular complexity index is 1300. The van der Waals surface area contributed by atoms with Crippen LogP contribution in [0, 0.1) is 28.9 Å². The van der Waals surface area contributed by atoms with Gasteiger partial charge in [0.15, 0.2) is 0 Å². The Balaban J connectivity index is 1.53. The van der Waals surface area contributed by atoms with Gasteiger partial charge < -0.3 is 5.32 Å². The second-order valence-electron chi connectivity index (χ2n) is 9.03. The Morgan fingerprint density at radius 2 is 1.97 bits per heavy atom. The third kappa shape index (κ3) is 2.33. The molecule has 10 heteroatoms. The van der Waals surface area contributed by atoms with Crippen LogP contribution in [-0.2, 0) is 19.9 Å². The number of anilines is 2. The van der Waals surface area contributed by atoms with Crippen LogP contribution in [0.5, 0.6) is 0 Å². The number of carbonyl (C=O) groups is 3. The van der Waals surface area contributed by atoms with E-state index in [4.69, 9.17) is 11.6 Å². The number of amides is 3. The molecule has 2 aromatic rings. The second kappa shape index (κ2) is 6.61. The van der Waals surface area contributed by atoms with Crippen LogP contribution < -0.4 is 10.2 Å². The van der Waals surface area contributed by atoms with E-state index in [1.807, 2.05) is 4.90 Å². The number of nitro benzene ring substituents is 1. The Hall–Kier alpha value is -3.30. The molecule has 0 unspecified atom stereocenters. The number of hydrogen-bond donors (Lipinski definition) is 1. The summed E-state index contributed by atoms with van der Waals surface area (Å²) in [7, 11) is 0. The van der Waals surface area contributed by atoms with Gasteiger partial charge in [-0.15, -0.1) is 0 Å². The van der Waals surface area contributed by atoms with Crippen molar-refractivity contribution in [1.29, 1.82) is 0 Å². The number of rotatable bonds is 2. The van der Waals surface area contributed by atoms with Crippen molar-refractivity contribution in [1.82, 2.24) is 4.90 Å². The van der Waals surface area contributed by atoms with E-state index in [2.05, 4.69) is 5.32 Å². The molecule has 1 N–H and O–H groups in total. The molecule has 3 fully saturated rings. The number of imide groups is 1. The first-order chi connectivity index (χ1) is 15.8. The molecule has 4 aliphatic heterocycles. The van der Waals surface area contributed by atoms with Crippen molar-refractivity contribution in [2.75, 3.05) is 16.8 Å². The molecule has 4 aliphatic rings. The number of hydrogen-bond acceptors (Lipinski definition) is 6. The number of fused-ring (bicyclic) bond motifs is 7. The molecule has 0 radical (unpaired) electrons. The van der Waals surface area contributed by atoms with E-state index >= 15 is 0 Å². The van der Waals surface area contributed by atoms with Crippen molar-refractivity contribution in [2.45, 2.75) is 31.3 Å². The minimum absolute atomic E-state index is 0.118. The average molecular weight is 467 g/mol. The van der Waals surface area contributed by atoms with Gasteiger partial charge in [-0.1, -0.05) is 23.7 Å². The summed E-state index contributed by atoms with van der Waals surface area (Å²) in [5.74, 6) is -2.73. The maximum Gasteiger partial charge on any atom is 0.269 e. The lowest BCUT2D eigenvalue weighted by atomic mass is 9.75. The van der Waals surface area contributed by atoms with Gasteiger partial charge in [0.25, 0.3) is 11.6 Å². The van der Waals surface area contributed by atoms with Gasteiger partial charge >= 0.3 is 0 Å². The molecule has 3 saturated heterocycles. The van der Waals surface area contributed by atoms with Crippen molar-refractivity contribution in [3.8, 4) is 0 Å². The fourth-order valence-corrected chi connectivity index (χ4v) is 6.66. The summed E-state index contributed by atoms with van der Waals surface area (Å²) in [4.78, 5) is 55.0. The van der Waals surface area contributed by atoms with Gasteiger partial charge in [0.05, 0.1) is 33.2 Å². The van der Waals surface area contributed by atoms with Crippen molar-refractivity contribution in [3.05, 3.63) is 62.7 Å². The minimum Gasteiger partial charge on any atom is -0.323 e. The van der Waals surface area contributed by atoms with Crippen molar-refractivity contribution < 1.29 is 19.3 Å². The first-order valence-corrected chi connectivity index (χ1v) is 11.2. The molecule has 33 heavy (non-hydrogen) atoms. The van der Waals surface area contributed by atoms with Gasteiger partial charge in [-0.3, -0.25) is 29.4 Å². The second-order valence-corrected chi connectivity index (χ2v) is 9.44. The van der Waals surface area contributed by atoms with Crippen molar-refractivity contribution in [2.24, 2.45) is 11.8 Å². The first-order valence-electron chi connectivity index (χ1n) is 10.8. The average Bonchev–Trinajstić information content (AvgIpc) is 3.48. The van der Waals surface area contributed by atoms with Gasteiger partial charge in [0.1, 0.15) is 5.54 Å². The van der Waals surface area contributed by atoms with Gasteiger partial charge in [0, 0.05) is 23.7 Å². The Morgan fingerprint density at radius 1 is 1.18 bits per heavy atom. The highest BCUT2D eigenvalue weighted by molar-refractivity contribution is 6.35. The topological polar surface area (TPSA) is 113 Å². The zero-order valence-corrected chi connectivity index (χ0v) is 18.3. The molecule has 0 saturated carbocycles. The highest BCUT2D eigenvalue weighted by atomic mass is 35.5. The van der Waals surface area contributed by atoms with Crippen LogP contribution in [0.15, 0.2) is 36.4 Å². The zero-order chi connectivity index (χ0) is 23.2. The maximum atomic E-state index is 13.9. The van der Waals surface area contributed by atoms with Gasteiger partial charge in [0.2, 0.25) is 11.8 Å². The fourth-order valence-electron chi connectivity index (χ4n) is 6.44. The van der Waals surface area contributed by atoms with Crippen molar-refractivity contribution >= 4 is 46.4 Å². The molecular formula is C23H19ClN4O5. The number of nitrogens with zero attached hydrogens (tertiary/aromatic N) is 3. The monoisotopic (exact) mass is 466 g/mol. The molecule has 0 bridgehead atoms. The predicted octanol–water partition coefficient (Wildman–Crippen LogP) is 2.99. The largest absolute Gasteiger partial charge is 0.323 e. The van der Waals surface area contributed by atoms with Crippen LogP contribution in [-0.4, -0.2) is 40.1 Å². The van der Waals surface area contributed by atoms with Crippen LogP contribution in [0.3, 0.4) is 0 Å². The molecule has 4 heterocycles. The number of nitro groups is 1. The lowest BCUT2D eigenvalue weighted by molar-refractivity contribution is -0.384. The normalized spacial score (nSPS) is 30.1. The highest BCUT2D eigenvalue weighted by Crippen LogP contribution is 2.61. The predicted molar refractivity (Wildman–Crippen MR) is 119 cm³/mol. The Kier molecular flexibility index (Phi) is 4.07. The lowest BCUT2D eigenvalue weighted by Gasteiger charge is -2.36. The SMILES string of the molecule is Cc1cc([N+](=O)[O-])ccc1N1C(=O)[C@@H]2[C@@H]3CCCN3[C@]3(C(=O)Nc4c(Cl)cccc43)[C@H]2C1=O. The number of carbonyl (C=O) groups excluding carboxylic acids is 3. The number of halogens is 1. The van der Waals surface area contributed by atoms with Crippen LogP contribution >= 0.6 is 11.6 Å². The highest BCUT2D eigenvalue weighted by Gasteiger charge is 2.74. The van der Waals surface area contributed by atoms with E-state index in [0.717, 1.165) is 11.3 Å². The summed E-state index contributed by atoms with van der Waals surface area (Å²) in [6, 6.07) is 9.05. The molecule has 168 valence electrons. The summed E-state index contributed by atoms with van der Waals surface area (Å²) < 4.78 is 0. The number of para-hydroxylation sites is 1. The van der Waals surface area contributed by atoms with E-state index in [1.165, 1.54) is 18.2 Å². The number of nitrogens with one attached hydrogen (secondary N) is 1. The van der Waals surface area contributed by atoms with Crippen LogP contribution in [0.25, 0.3) is 0 Å². The van der Waals surface area contributed by atoms with Gasteiger partial charge in [-0.05, 0) is 44.0 Å². The van der Waals surface area contributed by atoms with Crippen LogP contribution in [0.4, 0.5) is 17.1 Å². The number of non-ortho nitro benzene ring substituents is 1. The van der Waals surface area contributed by atoms with E-state index in [9.17, 15) is 24.5 Å². The van der Waals surface area contributed by atoms with Gasteiger partial charge in [-0.2, -0.15) is 0 Å².